The van der Waals surface area contributed by atoms with Crippen LogP contribution in [-0.4, -0.2) is 32.2 Å². The molecule has 0 radical (unpaired) electrons. The molecule has 2 unspecified atom stereocenters. The van der Waals surface area contributed by atoms with Crippen LogP contribution in [0.5, 0.6) is 0 Å². The summed E-state index contributed by atoms with van der Waals surface area (Å²) in [6.07, 6.45) is -2.14. The first-order valence-corrected chi connectivity index (χ1v) is 5.85. The number of aliphatic hydroxyl groups excluding tert-OH is 3. The molecular weight excluding hydrogens is 262 g/mol. The molecule has 0 amide bonds. The second-order valence-corrected chi connectivity index (χ2v) is 4.17. The Balaban J connectivity index is 3.04. The predicted molar refractivity (Wildman–Crippen MR) is 65.3 cm³/mol. The number of rotatable bonds is 6. The van der Waals surface area contributed by atoms with Crippen molar-refractivity contribution in [2.24, 2.45) is 0 Å². The van der Waals surface area contributed by atoms with Gasteiger partial charge in [-0.05, 0) is 18.1 Å². The maximum absolute atomic E-state index is 10.8. The molecule has 0 fully saturated rings. The number of hydrogen-bond donors (Lipinski definition) is 3. The van der Waals surface area contributed by atoms with Gasteiger partial charge in [0.2, 0.25) is 0 Å². The average molecular weight is 276 g/mol. The van der Waals surface area contributed by atoms with E-state index in [0.29, 0.717) is 0 Å². The molecule has 1 rings (SSSR count). The number of nitro groups is 1. The van der Waals surface area contributed by atoms with E-state index < -0.39 is 23.7 Å². The maximum Gasteiger partial charge on any atom is 0.275 e. The van der Waals surface area contributed by atoms with Crippen molar-refractivity contribution in [2.75, 3.05) is 5.88 Å². The van der Waals surface area contributed by atoms with Gasteiger partial charge in [-0.2, -0.15) is 0 Å². The molecule has 0 spiro atoms. The second-order valence-electron chi connectivity index (χ2n) is 3.79. The first kappa shape index (κ1) is 14.8. The van der Waals surface area contributed by atoms with Crippen LogP contribution < -0.4 is 0 Å². The summed E-state index contributed by atoms with van der Waals surface area (Å²) in [4.78, 5) is 10.1. The molecular formula is C11H14ClNO5. The number of nitrogens with zero attached hydrogens (tertiary/aromatic N) is 1. The van der Waals surface area contributed by atoms with Gasteiger partial charge in [0, 0.05) is 11.9 Å². The van der Waals surface area contributed by atoms with Gasteiger partial charge in [-0.1, -0.05) is 6.07 Å². The first-order chi connectivity index (χ1) is 8.51. The normalized spacial score (nSPS) is 14.2. The van der Waals surface area contributed by atoms with Gasteiger partial charge < -0.3 is 15.3 Å². The quantitative estimate of drug-likeness (QED) is 0.410. The van der Waals surface area contributed by atoms with Gasteiger partial charge in [0.05, 0.1) is 23.2 Å². The van der Waals surface area contributed by atoms with Crippen molar-refractivity contribution >= 4 is 17.3 Å². The Kier molecular flexibility index (Phi) is 5.49. The van der Waals surface area contributed by atoms with Crippen LogP contribution in [0.15, 0.2) is 18.2 Å². The summed E-state index contributed by atoms with van der Waals surface area (Å²) in [6.45, 7) is -0.461. The standard InChI is InChI=1S/C11H14ClNO5/c12-4-3-10(15)11(16)7-1-2-8(6-14)9(5-7)13(17)18/h1-2,5,10-11,14-16H,3-4,6H2. The van der Waals surface area contributed by atoms with E-state index in [4.69, 9.17) is 16.7 Å². The summed E-state index contributed by atoms with van der Waals surface area (Å²) in [5.74, 6) is 0.176. The van der Waals surface area contributed by atoms with E-state index in [0.717, 1.165) is 6.07 Å². The van der Waals surface area contributed by atoms with E-state index in [1.165, 1.54) is 12.1 Å². The highest BCUT2D eigenvalue weighted by molar-refractivity contribution is 6.17. The highest BCUT2D eigenvalue weighted by atomic mass is 35.5. The van der Waals surface area contributed by atoms with Crippen LogP contribution in [0, 0.1) is 10.1 Å². The monoisotopic (exact) mass is 275 g/mol. The van der Waals surface area contributed by atoms with E-state index in [1.807, 2.05) is 0 Å². The predicted octanol–water partition coefficient (Wildman–Crippen LogP) is 1.11. The molecule has 2 atom stereocenters. The van der Waals surface area contributed by atoms with Crippen LogP contribution in [0.4, 0.5) is 5.69 Å². The van der Waals surface area contributed by atoms with Crippen molar-refractivity contribution in [3.8, 4) is 0 Å². The third-order valence-corrected chi connectivity index (χ3v) is 2.81. The topological polar surface area (TPSA) is 104 Å². The molecule has 0 aliphatic carbocycles. The van der Waals surface area contributed by atoms with E-state index in [-0.39, 0.29) is 29.1 Å². The van der Waals surface area contributed by atoms with Gasteiger partial charge in [0.25, 0.3) is 5.69 Å². The van der Waals surface area contributed by atoms with Crippen molar-refractivity contribution in [3.05, 3.63) is 39.4 Å². The van der Waals surface area contributed by atoms with Gasteiger partial charge in [-0.25, -0.2) is 0 Å². The lowest BCUT2D eigenvalue weighted by Gasteiger charge is -2.17. The maximum atomic E-state index is 10.8. The Hall–Kier alpha value is -1.21. The van der Waals surface area contributed by atoms with Crippen molar-refractivity contribution in [2.45, 2.75) is 25.2 Å². The van der Waals surface area contributed by atoms with Crippen molar-refractivity contribution in [1.82, 2.24) is 0 Å². The molecule has 1 aromatic rings. The fourth-order valence-electron chi connectivity index (χ4n) is 1.56. The van der Waals surface area contributed by atoms with Gasteiger partial charge in [0.1, 0.15) is 6.10 Å². The molecule has 1 aromatic carbocycles. The van der Waals surface area contributed by atoms with E-state index in [9.17, 15) is 20.3 Å². The molecule has 100 valence electrons. The number of nitro benzene ring substituents is 1. The molecule has 0 aliphatic rings. The Morgan fingerprint density at radius 1 is 1.39 bits per heavy atom. The summed E-state index contributed by atoms with van der Waals surface area (Å²) in [5.41, 5.74) is 0.0893. The largest absolute Gasteiger partial charge is 0.391 e. The van der Waals surface area contributed by atoms with Crippen molar-refractivity contribution in [1.29, 1.82) is 0 Å². The molecule has 0 bridgehead atoms. The van der Waals surface area contributed by atoms with Crippen LogP contribution in [0.2, 0.25) is 0 Å². The van der Waals surface area contributed by atoms with Crippen molar-refractivity contribution in [3.63, 3.8) is 0 Å². The zero-order chi connectivity index (χ0) is 13.7. The third kappa shape index (κ3) is 3.39. The summed E-state index contributed by atoms with van der Waals surface area (Å²) in [7, 11) is 0. The van der Waals surface area contributed by atoms with Crippen LogP contribution in [0.25, 0.3) is 0 Å². The van der Waals surface area contributed by atoms with Gasteiger partial charge in [-0.15, -0.1) is 11.6 Å². The zero-order valence-corrected chi connectivity index (χ0v) is 10.2. The molecule has 0 saturated heterocycles. The fourth-order valence-corrected chi connectivity index (χ4v) is 1.78. The summed E-state index contributed by atoms with van der Waals surface area (Å²) in [6, 6.07) is 3.93. The number of halogens is 1. The zero-order valence-electron chi connectivity index (χ0n) is 9.49. The Bertz CT molecular complexity index is 426. The fraction of sp³-hybridized carbons (Fsp3) is 0.455. The van der Waals surface area contributed by atoms with E-state index >= 15 is 0 Å². The van der Waals surface area contributed by atoms with Crippen molar-refractivity contribution < 1.29 is 20.2 Å². The van der Waals surface area contributed by atoms with Crippen LogP contribution in [0.1, 0.15) is 23.7 Å². The van der Waals surface area contributed by atoms with Crippen LogP contribution in [0.3, 0.4) is 0 Å². The molecule has 0 saturated carbocycles. The minimum Gasteiger partial charge on any atom is -0.391 e. The highest BCUT2D eigenvalue weighted by Crippen LogP contribution is 2.26. The minimum absolute atomic E-state index is 0.155. The van der Waals surface area contributed by atoms with Gasteiger partial charge in [-0.3, -0.25) is 10.1 Å². The number of alkyl halides is 1. The third-order valence-electron chi connectivity index (χ3n) is 2.59. The number of hydrogen-bond acceptors (Lipinski definition) is 5. The van der Waals surface area contributed by atoms with E-state index in [1.54, 1.807) is 0 Å². The first-order valence-electron chi connectivity index (χ1n) is 5.31. The molecule has 18 heavy (non-hydrogen) atoms. The molecule has 0 aliphatic heterocycles. The Labute approximate surface area is 109 Å². The number of benzene rings is 1. The smallest absolute Gasteiger partial charge is 0.275 e. The molecule has 6 nitrogen and oxygen atoms in total. The minimum atomic E-state index is -1.24. The molecule has 7 heteroatoms. The lowest BCUT2D eigenvalue weighted by atomic mass is 10.0. The SMILES string of the molecule is O=[N+]([O-])c1cc(C(O)C(O)CCCl)ccc1CO. The average Bonchev–Trinajstić information content (AvgIpc) is 2.37. The highest BCUT2D eigenvalue weighted by Gasteiger charge is 2.22. The van der Waals surface area contributed by atoms with Gasteiger partial charge >= 0.3 is 0 Å². The lowest BCUT2D eigenvalue weighted by Crippen LogP contribution is -2.18. The van der Waals surface area contributed by atoms with Crippen LogP contribution in [-0.2, 0) is 6.61 Å². The Morgan fingerprint density at radius 2 is 2.06 bits per heavy atom. The van der Waals surface area contributed by atoms with Crippen LogP contribution >= 0.6 is 11.6 Å². The second kappa shape index (κ2) is 6.65. The molecule has 0 heterocycles. The lowest BCUT2D eigenvalue weighted by molar-refractivity contribution is -0.386. The van der Waals surface area contributed by atoms with Gasteiger partial charge in [0.15, 0.2) is 0 Å². The molecule has 0 aromatic heterocycles. The summed E-state index contributed by atoms with van der Waals surface area (Å²) < 4.78 is 0. The number of aliphatic hydroxyl groups is 3. The van der Waals surface area contributed by atoms with E-state index in [2.05, 4.69) is 0 Å². The molecule has 3 N–H and O–H groups in total. The Morgan fingerprint density at radius 3 is 2.56 bits per heavy atom. The summed E-state index contributed by atoms with van der Waals surface area (Å²) in [5, 5.41) is 39.1. The summed E-state index contributed by atoms with van der Waals surface area (Å²) >= 11 is 5.44.